The van der Waals surface area contributed by atoms with Crippen LogP contribution in [0.4, 0.5) is 0 Å². The van der Waals surface area contributed by atoms with E-state index in [9.17, 15) is 4.79 Å². The summed E-state index contributed by atoms with van der Waals surface area (Å²) < 4.78 is 0. The van der Waals surface area contributed by atoms with E-state index in [1.165, 1.54) is 0 Å². The van der Waals surface area contributed by atoms with E-state index in [1.54, 1.807) is 17.8 Å². The maximum absolute atomic E-state index is 11.6. The van der Waals surface area contributed by atoms with Crippen LogP contribution in [-0.2, 0) is 4.79 Å². The molecule has 1 aromatic rings. The van der Waals surface area contributed by atoms with E-state index in [1.807, 2.05) is 30.3 Å². The van der Waals surface area contributed by atoms with E-state index in [-0.39, 0.29) is 11.2 Å². The van der Waals surface area contributed by atoms with E-state index in [4.69, 9.17) is 0 Å². The summed E-state index contributed by atoms with van der Waals surface area (Å²) in [5, 5.41) is 0. The fourth-order valence-corrected chi connectivity index (χ4v) is 2.84. The molecule has 1 aliphatic rings. The van der Waals surface area contributed by atoms with Gasteiger partial charge in [0.15, 0.2) is 5.78 Å². The number of thioether (sulfide) groups is 1. The van der Waals surface area contributed by atoms with Crippen LogP contribution in [0.5, 0.6) is 0 Å². The van der Waals surface area contributed by atoms with Crippen LogP contribution >= 0.6 is 11.8 Å². The molecule has 0 aromatic heterocycles. The summed E-state index contributed by atoms with van der Waals surface area (Å²) in [6.07, 6.45) is 3.23. The second kappa shape index (κ2) is 7.92. The Balaban J connectivity index is 1.76. The van der Waals surface area contributed by atoms with Gasteiger partial charge in [-0.2, -0.15) is 0 Å². The molecule has 112 valence electrons. The van der Waals surface area contributed by atoms with Gasteiger partial charge in [0.2, 0.25) is 0 Å². The van der Waals surface area contributed by atoms with Crippen molar-refractivity contribution in [3.05, 3.63) is 47.5 Å². The van der Waals surface area contributed by atoms with E-state index < -0.39 is 0 Å². The van der Waals surface area contributed by atoms with E-state index in [0.717, 1.165) is 29.1 Å². The third-order valence-corrected chi connectivity index (χ3v) is 3.96. The number of benzene rings is 1. The average Bonchev–Trinajstić information content (AvgIpc) is 2.45. The van der Waals surface area contributed by atoms with Gasteiger partial charge in [0.05, 0.1) is 11.5 Å². The van der Waals surface area contributed by atoms with E-state index >= 15 is 0 Å². The maximum atomic E-state index is 11.6. The summed E-state index contributed by atoms with van der Waals surface area (Å²) in [6, 6.07) is 9.98. The Hall–Kier alpha value is -1.90. The monoisotopic (exact) mass is 308 g/mol. The van der Waals surface area contributed by atoms with Crippen LogP contribution in [0.1, 0.15) is 32.3 Å². The number of allylic oxidation sites excluding steroid dienone is 2. The van der Waals surface area contributed by atoms with Gasteiger partial charge in [0.1, 0.15) is 0 Å². The van der Waals surface area contributed by atoms with Gasteiger partial charge in [-0.05, 0) is 30.0 Å². The third kappa shape index (κ3) is 5.84. The van der Waals surface area contributed by atoms with Crippen LogP contribution in [0.25, 0.3) is 0 Å². The van der Waals surface area contributed by atoms with Crippen molar-refractivity contribution >= 4 is 17.5 Å². The first-order chi connectivity index (χ1) is 10.6. The Morgan fingerprint density at radius 1 is 1.05 bits per heavy atom. The summed E-state index contributed by atoms with van der Waals surface area (Å²) >= 11 is 1.70. The number of rotatable bonds is 2. The normalized spacial score (nSPS) is 15.9. The number of carbonyl (C=O) groups excluding carboxylic acids is 1. The zero-order valence-electron chi connectivity index (χ0n) is 13.1. The molecule has 0 bridgehead atoms. The van der Waals surface area contributed by atoms with Crippen LogP contribution < -0.4 is 0 Å². The lowest BCUT2D eigenvalue weighted by Gasteiger charge is -2.26. The van der Waals surface area contributed by atoms with Gasteiger partial charge in [0.25, 0.3) is 0 Å². The second-order valence-electron chi connectivity index (χ2n) is 6.12. The van der Waals surface area contributed by atoms with Crippen LogP contribution in [0.3, 0.4) is 0 Å². The Labute approximate surface area is 137 Å². The first-order valence-corrected chi connectivity index (χ1v) is 8.55. The molecule has 0 heterocycles. The Kier molecular flexibility index (Phi) is 5.93. The fourth-order valence-electron chi connectivity index (χ4n) is 2.39. The number of carbonyl (C=O) groups is 1. The molecule has 2 rings (SSSR count). The van der Waals surface area contributed by atoms with Crippen LogP contribution in [0.15, 0.2) is 42.0 Å². The van der Waals surface area contributed by atoms with Gasteiger partial charge >= 0.3 is 0 Å². The molecule has 0 aliphatic heterocycles. The Morgan fingerprint density at radius 2 is 1.73 bits per heavy atom. The number of ketones is 1. The highest BCUT2D eigenvalue weighted by atomic mass is 32.2. The zero-order chi connectivity index (χ0) is 15.8. The molecule has 0 saturated heterocycles. The first-order valence-electron chi connectivity index (χ1n) is 7.39. The van der Waals surface area contributed by atoms with Crippen LogP contribution in [0.2, 0.25) is 0 Å². The molecule has 22 heavy (non-hydrogen) atoms. The van der Waals surface area contributed by atoms with Crippen LogP contribution in [-0.4, -0.2) is 17.3 Å². The van der Waals surface area contributed by atoms with Crippen molar-refractivity contribution in [3.63, 3.8) is 0 Å². The van der Waals surface area contributed by atoms with Gasteiger partial charge in [0, 0.05) is 17.6 Å². The van der Waals surface area contributed by atoms with Crippen molar-refractivity contribution in [2.75, 3.05) is 11.5 Å². The lowest BCUT2D eigenvalue weighted by atomic mass is 9.77. The SMILES string of the molecule is CC1(C)CC(=O)C=C(C#CCSCC#Cc2ccccc2)C1. The molecule has 0 spiro atoms. The molecule has 1 aromatic carbocycles. The number of hydrogen-bond donors (Lipinski definition) is 0. The van der Waals surface area contributed by atoms with Crippen molar-refractivity contribution in [1.29, 1.82) is 0 Å². The molecule has 0 atom stereocenters. The summed E-state index contributed by atoms with van der Waals surface area (Å²) in [5.41, 5.74) is 2.06. The molecule has 0 amide bonds. The topological polar surface area (TPSA) is 17.1 Å². The summed E-state index contributed by atoms with van der Waals surface area (Å²) in [6.45, 7) is 4.24. The Morgan fingerprint density at radius 3 is 2.41 bits per heavy atom. The molecule has 0 saturated carbocycles. The highest BCUT2D eigenvalue weighted by molar-refractivity contribution is 7.99. The number of hydrogen-bond acceptors (Lipinski definition) is 2. The first kappa shape index (κ1) is 16.5. The summed E-state index contributed by atoms with van der Waals surface area (Å²) in [7, 11) is 0. The molecule has 0 unspecified atom stereocenters. The second-order valence-corrected chi connectivity index (χ2v) is 7.10. The maximum Gasteiger partial charge on any atom is 0.157 e. The van der Waals surface area contributed by atoms with E-state index in [2.05, 4.69) is 37.5 Å². The van der Waals surface area contributed by atoms with Crippen molar-refractivity contribution in [3.8, 4) is 23.7 Å². The van der Waals surface area contributed by atoms with Crippen molar-refractivity contribution in [1.82, 2.24) is 0 Å². The molecule has 0 fully saturated rings. The standard InChI is InChI=1S/C20H20OS/c1-20(2)15-18(14-19(21)16-20)11-7-13-22-12-6-10-17-8-4-3-5-9-17/h3-5,8-9,14H,12-13,15-16H2,1-2H3. The predicted octanol–water partition coefficient (Wildman–Crippen LogP) is 4.09. The van der Waals surface area contributed by atoms with Crippen molar-refractivity contribution in [2.24, 2.45) is 5.41 Å². The third-order valence-electron chi connectivity index (χ3n) is 3.26. The summed E-state index contributed by atoms with van der Waals surface area (Å²) in [4.78, 5) is 11.6. The van der Waals surface area contributed by atoms with Gasteiger partial charge in [-0.25, -0.2) is 0 Å². The Bertz CT molecular complexity index is 675. The molecular formula is C20H20OS. The molecule has 1 aliphatic carbocycles. The van der Waals surface area contributed by atoms with Gasteiger partial charge in [-0.15, -0.1) is 11.8 Å². The van der Waals surface area contributed by atoms with E-state index in [0.29, 0.717) is 6.42 Å². The predicted molar refractivity (Wildman–Crippen MR) is 94.5 cm³/mol. The lowest BCUT2D eigenvalue weighted by Crippen LogP contribution is -2.21. The van der Waals surface area contributed by atoms with Gasteiger partial charge < -0.3 is 0 Å². The lowest BCUT2D eigenvalue weighted by molar-refractivity contribution is -0.116. The average molecular weight is 308 g/mol. The van der Waals surface area contributed by atoms with Crippen molar-refractivity contribution < 1.29 is 4.79 Å². The molecule has 0 radical (unpaired) electrons. The minimum absolute atomic E-state index is 0.0458. The van der Waals surface area contributed by atoms with Crippen LogP contribution in [0, 0.1) is 29.1 Å². The quantitative estimate of drug-likeness (QED) is 0.604. The smallest absolute Gasteiger partial charge is 0.157 e. The largest absolute Gasteiger partial charge is 0.295 e. The summed E-state index contributed by atoms with van der Waals surface area (Å²) in [5.74, 6) is 14.2. The molecule has 0 N–H and O–H groups in total. The highest BCUT2D eigenvalue weighted by Gasteiger charge is 2.26. The fraction of sp³-hybridized carbons (Fsp3) is 0.350. The van der Waals surface area contributed by atoms with Crippen molar-refractivity contribution in [2.45, 2.75) is 26.7 Å². The van der Waals surface area contributed by atoms with Gasteiger partial charge in [-0.3, -0.25) is 4.79 Å². The minimum atomic E-state index is 0.0458. The minimum Gasteiger partial charge on any atom is -0.295 e. The molecular weight excluding hydrogens is 288 g/mol. The zero-order valence-corrected chi connectivity index (χ0v) is 13.9. The molecule has 2 heteroatoms. The highest BCUT2D eigenvalue weighted by Crippen LogP contribution is 2.33. The molecule has 1 nitrogen and oxygen atoms in total. The van der Waals surface area contributed by atoms with Gasteiger partial charge in [-0.1, -0.05) is 55.7 Å².